The zero-order valence-electron chi connectivity index (χ0n) is 13.9. The molecule has 0 radical (unpaired) electrons. The van der Waals surface area contributed by atoms with Crippen molar-refractivity contribution in [2.24, 2.45) is 0 Å². The van der Waals surface area contributed by atoms with Gasteiger partial charge < -0.3 is 9.84 Å². The molecule has 0 bridgehead atoms. The Bertz CT molecular complexity index is 951. The van der Waals surface area contributed by atoms with E-state index in [0.717, 1.165) is 0 Å². The number of amides is 1. The third-order valence-corrected chi connectivity index (χ3v) is 3.30. The molecule has 1 aromatic carbocycles. The third kappa shape index (κ3) is 5.33. The molecule has 1 fully saturated rings. The molecular formula is C17H15F3N4O3. The molecule has 1 aliphatic rings. The van der Waals surface area contributed by atoms with Gasteiger partial charge in [-0.3, -0.25) is 5.32 Å². The summed E-state index contributed by atoms with van der Waals surface area (Å²) < 4.78 is 42.2. The van der Waals surface area contributed by atoms with Gasteiger partial charge in [-0.2, -0.15) is 4.98 Å². The van der Waals surface area contributed by atoms with E-state index < -0.39 is 12.5 Å². The average Bonchev–Trinajstić information content (AvgIpc) is 3.39. The summed E-state index contributed by atoms with van der Waals surface area (Å²) in [5.74, 6) is -0.515. The van der Waals surface area contributed by atoms with Gasteiger partial charge in [0.25, 0.3) is 5.95 Å². The maximum atomic E-state index is 12.3. The predicted octanol–water partition coefficient (Wildman–Crippen LogP) is 4.56. The highest BCUT2D eigenvalue weighted by molar-refractivity contribution is 5.80. The van der Waals surface area contributed by atoms with Crippen molar-refractivity contribution in [3.8, 4) is 17.0 Å². The lowest BCUT2D eigenvalue weighted by Crippen LogP contribution is -2.17. The van der Waals surface area contributed by atoms with Crippen molar-refractivity contribution in [3.63, 3.8) is 0 Å². The lowest BCUT2D eigenvalue weighted by atomic mass is 10.1. The van der Waals surface area contributed by atoms with Crippen LogP contribution in [0, 0.1) is 0 Å². The van der Waals surface area contributed by atoms with E-state index in [2.05, 4.69) is 14.8 Å². The molecular weight excluding hydrogens is 365 g/mol. The fourth-order valence-electron chi connectivity index (χ4n) is 2.12. The Morgan fingerprint density at radius 3 is 2.48 bits per heavy atom. The molecule has 4 rings (SSSR count). The number of alkyl halides is 3. The lowest BCUT2D eigenvalue weighted by Gasteiger charge is -2.10. The van der Waals surface area contributed by atoms with Gasteiger partial charge in [0.2, 0.25) is 0 Å². The zero-order valence-corrected chi connectivity index (χ0v) is 13.9. The highest BCUT2D eigenvalue weighted by Crippen LogP contribution is 2.28. The number of halogens is 3. The largest absolute Gasteiger partial charge is 0.573 e. The van der Waals surface area contributed by atoms with E-state index in [0.29, 0.717) is 16.9 Å². The fourth-order valence-corrected chi connectivity index (χ4v) is 2.12. The smallest absolute Gasteiger partial charge is 0.465 e. The lowest BCUT2D eigenvalue weighted by molar-refractivity contribution is -0.274. The Hall–Kier alpha value is -3.30. The predicted molar refractivity (Wildman–Crippen MR) is 90.6 cm³/mol. The van der Waals surface area contributed by atoms with E-state index in [4.69, 9.17) is 5.11 Å². The molecule has 2 heterocycles. The van der Waals surface area contributed by atoms with Crippen LogP contribution in [0.2, 0.25) is 0 Å². The van der Waals surface area contributed by atoms with Crippen molar-refractivity contribution in [1.29, 1.82) is 0 Å². The van der Waals surface area contributed by atoms with Crippen LogP contribution in [0.15, 0.2) is 42.5 Å². The van der Waals surface area contributed by atoms with Crippen LogP contribution in [0.4, 0.5) is 23.9 Å². The number of pyridine rings is 1. The Morgan fingerprint density at radius 2 is 1.85 bits per heavy atom. The Kier molecular flexibility index (Phi) is 5.15. The molecule has 27 heavy (non-hydrogen) atoms. The number of rotatable bonds is 3. The maximum Gasteiger partial charge on any atom is 0.573 e. The number of nitrogens with one attached hydrogen (secondary N) is 1. The minimum Gasteiger partial charge on any atom is -0.465 e. The minimum atomic E-state index is -4.80. The maximum absolute atomic E-state index is 12.3. The molecule has 0 atom stereocenters. The number of anilines is 1. The monoisotopic (exact) mass is 380 g/mol. The second-order valence-electron chi connectivity index (χ2n) is 5.68. The number of benzene rings is 1. The molecule has 142 valence electrons. The number of hydrogen-bond donors (Lipinski definition) is 2. The van der Waals surface area contributed by atoms with Gasteiger partial charge in [0.15, 0.2) is 5.65 Å². The molecule has 2 N–H and O–H groups in total. The molecule has 2 aromatic heterocycles. The highest BCUT2D eigenvalue weighted by Gasteiger charge is 2.31. The van der Waals surface area contributed by atoms with Crippen LogP contribution in [0.25, 0.3) is 16.9 Å². The second kappa shape index (κ2) is 7.52. The molecule has 7 nitrogen and oxygen atoms in total. The zero-order chi connectivity index (χ0) is 19.4. The van der Waals surface area contributed by atoms with E-state index in [1.54, 1.807) is 24.3 Å². The van der Waals surface area contributed by atoms with Crippen molar-refractivity contribution in [2.75, 3.05) is 5.32 Å². The Morgan fingerprint density at radius 1 is 1.15 bits per heavy atom. The number of aromatic nitrogens is 3. The van der Waals surface area contributed by atoms with Gasteiger partial charge >= 0.3 is 12.5 Å². The first kappa shape index (κ1) is 18.5. The van der Waals surface area contributed by atoms with Crippen LogP contribution in [0.1, 0.15) is 19.3 Å². The van der Waals surface area contributed by atoms with E-state index in [1.165, 1.54) is 42.0 Å². The van der Waals surface area contributed by atoms with Crippen molar-refractivity contribution >= 4 is 17.7 Å². The van der Waals surface area contributed by atoms with Gasteiger partial charge in [-0.05, 0) is 24.3 Å². The van der Waals surface area contributed by atoms with E-state index >= 15 is 0 Å². The van der Waals surface area contributed by atoms with Gasteiger partial charge in [-0.25, -0.2) is 9.31 Å². The van der Waals surface area contributed by atoms with E-state index in [-0.39, 0.29) is 11.7 Å². The van der Waals surface area contributed by atoms with Crippen LogP contribution in [-0.2, 0) is 0 Å². The van der Waals surface area contributed by atoms with Gasteiger partial charge in [-0.1, -0.05) is 37.5 Å². The van der Waals surface area contributed by atoms with Crippen molar-refractivity contribution < 1.29 is 27.8 Å². The average molecular weight is 380 g/mol. The summed E-state index contributed by atoms with van der Waals surface area (Å²) in [6, 6.07) is 10.2. The summed E-state index contributed by atoms with van der Waals surface area (Å²) >= 11 is 0. The minimum absolute atomic E-state index is 0.141. The number of fused-ring (bicyclic) bond motifs is 1. The highest BCUT2D eigenvalue weighted by atomic mass is 19.4. The quantitative estimate of drug-likeness (QED) is 0.696. The first-order valence-corrected chi connectivity index (χ1v) is 8.04. The standard InChI is InChI=1S/C14H9F3N4O3.C3H6/c15-14(16,17)24-9-4-1-3-8(7-9)10-5-2-6-11-18-12(19-13(22)23)20-21(10)11;1-2-3-1/h1-7H,(H,19,20)(H,22,23);1-3H2. The number of hydrogen-bond acceptors (Lipinski definition) is 4. The Labute approximate surface area is 151 Å². The summed E-state index contributed by atoms with van der Waals surface area (Å²) in [5, 5.41) is 14.7. The number of carbonyl (C=O) groups is 1. The topological polar surface area (TPSA) is 88.8 Å². The molecule has 10 heteroatoms. The van der Waals surface area contributed by atoms with Gasteiger partial charge in [-0.15, -0.1) is 18.3 Å². The molecule has 1 amide bonds. The summed E-state index contributed by atoms with van der Waals surface area (Å²) in [4.78, 5) is 14.6. The Balaban J connectivity index is 0.000000637. The van der Waals surface area contributed by atoms with Gasteiger partial charge in [0, 0.05) is 5.56 Å². The summed E-state index contributed by atoms with van der Waals surface area (Å²) in [5.41, 5.74) is 1.15. The molecule has 0 saturated heterocycles. The van der Waals surface area contributed by atoms with E-state index in [1.807, 2.05) is 5.32 Å². The summed E-state index contributed by atoms with van der Waals surface area (Å²) in [7, 11) is 0. The fraction of sp³-hybridized carbons (Fsp3) is 0.235. The normalized spacial score (nSPS) is 12.9. The summed E-state index contributed by atoms with van der Waals surface area (Å²) in [6.07, 6.45) is -1.62. The third-order valence-electron chi connectivity index (χ3n) is 3.30. The van der Waals surface area contributed by atoms with Crippen LogP contribution in [-0.4, -0.2) is 32.2 Å². The molecule has 0 spiro atoms. The summed E-state index contributed by atoms with van der Waals surface area (Å²) in [6.45, 7) is 0. The van der Waals surface area contributed by atoms with Crippen molar-refractivity contribution in [3.05, 3.63) is 42.5 Å². The van der Waals surface area contributed by atoms with Crippen LogP contribution >= 0.6 is 0 Å². The van der Waals surface area contributed by atoms with Gasteiger partial charge in [0.1, 0.15) is 5.75 Å². The van der Waals surface area contributed by atoms with Crippen molar-refractivity contribution in [1.82, 2.24) is 14.6 Å². The first-order valence-electron chi connectivity index (χ1n) is 8.04. The molecule has 1 saturated carbocycles. The van der Waals surface area contributed by atoms with Crippen LogP contribution in [0.3, 0.4) is 0 Å². The van der Waals surface area contributed by atoms with Gasteiger partial charge in [0.05, 0.1) is 5.69 Å². The van der Waals surface area contributed by atoms with Crippen molar-refractivity contribution in [2.45, 2.75) is 25.6 Å². The SMILES string of the molecule is C1CC1.O=C(O)Nc1nc2cccc(-c3cccc(OC(F)(F)F)c3)n2n1. The number of nitrogens with zero attached hydrogens (tertiary/aromatic N) is 3. The molecule has 3 aromatic rings. The van der Waals surface area contributed by atoms with E-state index in [9.17, 15) is 18.0 Å². The second-order valence-corrected chi connectivity index (χ2v) is 5.68. The number of carboxylic acid groups (broad SMARTS) is 1. The molecule has 0 aliphatic heterocycles. The first-order chi connectivity index (χ1) is 12.8. The van der Waals surface area contributed by atoms with Crippen LogP contribution < -0.4 is 10.1 Å². The number of ether oxygens (including phenoxy) is 1. The van der Waals surface area contributed by atoms with Crippen LogP contribution in [0.5, 0.6) is 5.75 Å². The molecule has 1 aliphatic carbocycles. The molecule has 0 unspecified atom stereocenters.